The summed E-state index contributed by atoms with van der Waals surface area (Å²) >= 11 is 0. The van der Waals surface area contributed by atoms with Crippen molar-refractivity contribution in [3.05, 3.63) is 52.2 Å². The Bertz CT molecular complexity index is 942. The quantitative estimate of drug-likeness (QED) is 0.743. The number of aromatic nitrogens is 4. The van der Waals surface area contributed by atoms with Crippen molar-refractivity contribution >= 4 is 10.9 Å². The molecule has 1 saturated carbocycles. The number of nitrogens with zero attached hydrogens (tertiary/aromatic N) is 4. The first-order valence-corrected chi connectivity index (χ1v) is 8.64. The van der Waals surface area contributed by atoms with Crippen LogP contribution in [0.3, 0.4) is 0 Å². The fraction of sp³-hybridized carbons (Fsp3) is 0.444. The van der Waals surface area contributed by atoms with Crippen molar-refractivity contribution in [3.63, 3.8) is 0 Å². The SMILES string of the molecule is CC(C)N(Cc1noc(C2CC2)n1)Cc1nc2ccccc2c(=O)[nH]1. The minimum atomic E-state index is -0.111. The van der Waals surface area contributed by atoms with Crippen molar-refractivity contribution in [1.29, 1.82) is 0 Å². The third-order valence-corrected chi connectivity index (χ3v) is 4.50. The number of aromatic amines is 1. The zero-order chi connectivity index (χ0) is 17.4. The van der Waals surface area contributed by atoms with Crippen LogP contribution in [0.1, 0.15) is 50.1 Å². The van der Waals surface area contributed by atoms with E-state index in [1.54, 1.807) is 6.07 Å². The minimum Gasteiger partial charge on any atom is -0.339 e. The average Bonchev–Trinajstić information content (AvgIpc) is 3.34. The highest BCUT2D eigenvalue weighted by Crippen LogP contribution is 2.38. The predicted octanol–water partition coefficient (Wildman–Crippen LogP) is 2.59. The number of fused-ring (bicyclic) bond motifs is 1. The fourth-order valence-electron chi connectivity index (χ4n) is 2.83. The van der Waals surface area contributed by atoms with E-state index in [2.05, 4.69) is 38.9 Å². The molecule has 4 rings (SSSR count). The number of nitrogens with one attached hydrogen (secondary N) is 1. The zero-order valence-corrected chi connectivity index (χ0v) is 14.4. The van der Waals surface area contributed by atoms with Crippen molar-refractivity contribution in [2.24, 2.45) is 0 Å². The van der Waals surface area contributed by atoms with E-state index in [1.807, 2.05) is 18.2 Å². The number of H-pyrrole nitrogens is 1. The summed E-state index contributed by atoms with van der Waals surface area (Å²) in [5, 5.41) is 4.69. The van der Waals surface area contributed by atoms with Gasteiger partial charge < -0.3 is 9.51 Å². The van der Waals surface area contributed by atoms with E-state index in [-0.39, 0.29) is 11.6 Å². The molecule has 0 unspecified atom stereocenters. The van der Waals surface area contributed by atoms with Crippen LogP contribution in [0.15, 0.2) is 33.6 Å². The molecule has 1 aromatic carbocycles. The molecule has 2 aromatic heterocycles. The van der Waals surface area contributed by atoms with Crippen LogP contribution in [-0.4, -0.2) is 31.1 Å². The molecule has 1 N–H and O–H groups in total. The van der Waals surface area contributed by atoms with Gasteiger partial charge in [-0.25, -0.2) is 4.98 Å². The molecule has 3 aromatic rings. The van der Waals surface area contributed by atoms with Gasteiger partial charge in [0.2, 0.25) is 5.89 Å². The lowest BCUT2D eigenvalue weighted by molar-refractivity contribution is 0.191. The molecular weight excluding hydrogens is 318 g/mol. The molecule has 1 aliphatic carbocycles. The topological polar surface area (TPSA) is 87.9 Å². The van der Waals surface area contributed by atoms with Crippen molar-refractivity contribution in [1.82, 2.24) is 25.0 Å². The number of hydrogen-bond acceptors (Lipinski definition) is 6. The largest absolute Gasteiger partial charge is 0.339 e. The van der Waals surface area contributed by atoms with Crippen LogP contribution >= 0.6 is 0 Å². The predicted molar refractivity (Wildman–Crippen MR) is 93.0 cm³/mol. The Kier molecular flexibility index (Phi) is 4.09. The molecule has 0 bridgehead atoms. The van der Waals surface area contributed by atoms with Gasteiger partial charge in [-0.15, -0.1) is 0 Å². The molecule has 25 heavy (non-hydrogen) atoms. The van der Waals surface area contributed by atoms with Gasteiger partial charge in [0.05, 0.1) is 24.0 Å². The lowest BCUT2D eigenvalue weighted by atomic mass is 10.2. The van der Waals surface area contributed by atoms with E-state index >= 15 is 0 Å². The molecule has 0 radical (unpaired) electrons. The third-order valence-electron chi connectivity index (χ3n) is 4.50. The molecule has 1 fully saturated rings. The molecule has 2 heterocycles. The molecule has 130 valence electrons. The molecule has 0 amide bonds. The highest BCUT2D eigenvalue weighted by molar-refractivity contribution is 5.77. The Morgan fingerprint density at radius 3 is 2.80 bits per heavy atom. The maximum atomic E-state index is 12.2. The average molecular weight is 339 g/mol. The van der Waals surface area contributed by atoms with E-state index in [0.29, 0.717) is 41.6 Å². The highest BCUT2D eigenvalue weighted by atomic mass is 16.5. The summed E-state index contributed by atoms with van der Waals surface area (Å²) in [6.45, 7) is 5.28. The first-order valence-electron chi connectivity index (χ1n) is 8.64. The summed E-state index contributed by atoms with van der Waals surface area (Å²) < 4.78 is 5.33. The summed E-state index contributed by atoms with van der Waals surface area (Å²) in [7, 11) is 0. The summed E-state index contributed by atoms with van der Waals surface area (Å²) in [5.74, 6) is 2.52. The lowest BCUT2D eigenvalue weighted by Gasteiger charge is -2.24. The lowest BCUT2D eigenvalue weighted by Crippen LogP contribution is -2.32. The van der Waals surface area contributed by atoms with Crippen molar-refractivity contribution in [3.8, 4) is 0 Å². The van der Waals surface area contributed by atoms with Gasteiger partial charge in [-0.2, -0.15) is 4.98 Å². The maximum absolute atomic E-state index is 12.2. The van der Waals surface area contributed by atoms with E-state index in [9.17, 15) is 4.79 Å². The molecule has 0 aliphatic heterocycles. The number of para-hydroxylation sites is 1. The summed E-state index contributed by atoms with van der Waals surface area (Å²) in [4.78, 5) is 26.4. The van der Waals surface area contributed by atoms with Crippen LogP contribution in [0.2, 0.25) is 0 Å². The minimum absolute atomic E-state index is 0.111. The van der Waals surface area contributed by atoms with Gasteiger partial charge in [0, 0.05) is 12.0 Å². The van der Waals surface area contributed by atoms with Gasteiger partial charge in [-0.05, 0) is 38.8 Å². The van der Waals surface area contributed by atoms with Crippen LogP contribution in [0.5, 0.6) is 0 Å². The number of rotatable bonds is 6. The molecule has 7 heteroatoms. The number of hydrogen-bond donors (Lipinski definition) is 1. The van der Waals surface area contributed by atoms with Crippen molar-refractivity contribution in [2.75, 3.05) is 0 Å². The summed E-state index contributed by atoms with van der Waals surface area (Å²) in [6, 6.07) is 7.61. The normalized spacial score (nSPS) is 14.7. The van der Waals surface area contributed by atoms with Crippen molar-refractivity contribution < 1.29 is 4.52 Å². The Balaban J connectivity index is 1.55. The van der Waals surface area contributed by atoms with E-state index in [1.165, 1.54) is 0 Å². The third kappa shape index (κ3) is 3.46. The second-order valence-electron chi connectivity index (χ2n) is 6.85. The smallest absolute Gasteiger partial charge is 0.258 e. The van der Waals surface area contributed by atoms with E-state index in [0.717, 1.165) is 18.7 Å². The van der Waals surface area contributed by atoms with Crippen LogP contribution in [0, 0.1) is 0 Å². The van der Waals surface area contributed by atoms with Gasteiger partial charge >= 0.3 is 0 Å². The second-order valence-corrected chi connectivity index (χ2v) is 6.85. The van der Waals surface area contributed by atoms with Gasteiger partial charge in [-0.3, -0.25) is 9.69 Å². The van der Waals surface area contributed by atoms with Gasteiger partial charge in [0.15, 0.2) is 5.82 Å². The monoisotopic (exact) mass is 339 g/mol. The van der Waals surface area contributed by atoms with Gasteiger partial charge in [0.1, 0.15) is 5.82 Å². The van der Waals surface area contributed by atoms with Crippen LogP contribution in [0.25, 0.3) is 10.9 Å². The molecule has 0 atom stereocenters. The summed E-state index contributed by atoms with van der Waals surface area (Å²) in [6.07, 6.45) is 2.27. The van der Waals surface area contributed by atoms with Gasteiger partial charge in [0.25, 0.3) is 5.56 Å². The van der Waals surface area contributed by atoms with Crippen LogP contribution in [0.4, 0.5) is 0 Å². The van der Waals surface area contributed by atoms with E-state index in [4.69, 9.17) is 4.52 Å². The molecule has 0 spiro atoms. The van der Waals surface area contributed by atoms with Crippen LogP contribution in [-0.2, 0) is 13.1 Å². The first-order chi connectivity index (χ1) is 12.1. The Morgan fingerprint density at radius 1 is 1.24 bits per heavy atom. The highest BCUT2D eigenvalue weighted by Gasteiger charge is 2.30. The Hall–Kier alpha value is -2.54. The standard InChI is InChI=1S/C18H21N5O2/c1-11(2)23(10-16-21-18(25-22-16)12-7-8-12)9-15-19-14-6-4-3-5-13(14)17(24)20-15/h3-6,11-12H,7-10H2,1-2H3,(H,19,20,24). The molecule has 7 nitrogen and oxygen atoms in total. The molecular formula is C18H21N5O2. The Morgan fingerprint density at radius 2 is 2.04 bits per heavy atom. The number of benzene rings is 1. The van der Waals surface area contributed by atoms with E-state index < -0.39 is 0 Å². The zero-order valence-electron chi connectivity index (χ0n) is 14.4. The molecule has 1 aliphatic rings. The van der Waals surface area contributed by atoms with Gasteiger partial charge in [-0.1, -0.05) is 17.3 Å². The molecule has 0 saturated heterocycles. The summed E-state index contributed by atoms with van der Waals surface area (Å²) in [5.41, 5.74) is 0.598. The first kappa shape index (κ1) is 16.0. The maximum Gasteiger partial charge on any atom is 0.258 e. The second kappa shape index (κ2) is 6.40. The Labute approximate surface area is 145 Å². The van der Waals surface area contributed by atoms with Crippen molar-refractivity contribution in [2.45, 2.75) is 51.7 Å². The van der Waals surface area contributed by atoms with Crippen LogP contribution < -0.4 is 5.56 Å². The fourth-order valence-corrected chi connectivity index (χ4v) is 2.83.